The molecule has 2 heteroatoms. The van der Waals surface area contributed by atoms with E-state index >= 15 is 0 Å². The van der Waals surface area contributed by atoms with Gasteiger partial charge in [-0.15, -0.1) is 0 Å². The number of fused-ring (bicyclic) bond motifs is 1. The average Bonchev–Trinajstić information content (AvgIpc) is 2.48. The molecule has 0 radical (unpaired) electrons. The summed E-state index contributed by atoms with van der Waals surface area (Å²) in [5.41, 5.74) is 4.51. The van der Waals surface area contributed by atoms with E-state index in [0.717, 1.165) is 19.1 Å². The summed E-state index contributed by atoms with van der Waals surface area (Å²) in [6.07, 6.45) is 1.23. The first-order chi connectivity index (χ1) is 6.86. The number of nitrogens with zero attached hydrogens (tertiary/aromatic N) is 1. The maximum atomic E-state index is 3.34. The van der Waals surface area contributed by atoms with Gasteiger partial charge in [0.1, 0.15) is 0 Å². The standard InChI is InChI=1S/C12H16N2/c1-9-3-2-4-12-11(9)5-6-14(12)10-7-13-8-10/h2-4,10,13H,5-8H2,1H3. The fourth-order valence-corrected chi connectivity index (χ4v) is 2.51. The molecule has 2 nitrogen and oxygen atoms in total. The van der Waals surface area contributed by atoms with Crippen LogP contribution < -0.4 is 10.2 Å². The molecule has 1 aromatic carbocycles. The van der Waals surface area contributed by atoms with Gasteiger partial charge in [-0.25, -0.2) is 0 Å². The summed E-state index contributed by atoms with van der Waals surface area (Å²) >= 11 is 0. The third-order valence-corrected chi connectivity index (χ3v) is 3.50. The van der Waals surface area contributed by atoms with Gasteiger partial charge in [-0.1, -0.05) is 12.1 Å². The van der Waals surface area contributed by atoms with Crippen molar-refractivity contribution in [2.75, 3.05) is 24.5 Å². The van der Waals surface area contributed by atoms with E-state index < -0.39 is 0 Å². The third kappa shape index (κ3) is 1.07. The lowest BCUT2D eigenvalue weighted by molar-refractivity contribution is 0.420. The average molecular weight is 188 g/mol. The Balaban J connectivity index is 1.97. The van der Waals surface area contributed by atoms with Crippen LogP contribution in [0.25, 0.3) is 0 Å². The van der Waals surface area contributed by atoms with E-state index in [0.29, 0.717) is 0 Å². The Morgan fingerprint density at radius 2 is 2.21 bits per heavy atom. The zero-order valence-corrected chi connectivity index (χ0v) is 8.59. The minimum absolute atomic E-state index is 0.748. The van der Waals surface area contributed by atoms with Gasteiger partial charge >= 0.3 is 0 Å². The summed E-state index contributed by atoms with van der Waals surface area (Å²) in [5.74, 6) is 0. The number of hydrogen-bond acceptors (Lipinski definition) is 2. The molecule has 1 saturated heterocycles. The quantitative estimate of drug-likeness (QED) is 0.715. The van der Waals surface area contributed by atoms with Gasteiger partial charge in [0.2, 0.25) is 0 Å². The smallest absolute Gasteiger partial charge is 0.0539 e. The lowest BCUT2D eigenvalue weighted by Crippen LogP contribution is -2.56. The van der Waals surface area contributed by atoms with Crippen molar-refractivity contribution in [2.45, 2.75) is 19.4 Å². The SMILES string of the molecule is Cc1cccc2c1CCN2C1CNC1. The molecule has 0 atom stereocenters. The highest BCUT2D eigenvalue weighted by Crippen LogP contribution is 2.32. The Kier molecular flexibility index (Phi) is 1.77. The van der Waals surface area contributed by atoms with Crippen molar-refractivity contribution < 1.29 is 0 Å². The van der Waals surface area contributed by atoms with Gasteiger partial charge in [0.15, 0.2) is 0 Å². The van der Waals surface area contributed by atoms with Crippen LogP contribution in [0, 0.1) is 6.92 Å². The summed E-state index contributed by atoms with van der Waals surface area (Å²) < 4.78 is 0. The van der Waals surface area contributed by atoms with Crippen molar-refractivity contribution >= 4 is 5.69 Å². The van der Waals surface area contributed by atoms with Crippen molar-refractivity contribution in [2.24, 2.45) is 0 Å². The van der Waals surface area contributed by atoms with Crippen LogP contribution in [-0.4, -0.2) is 25.7 Å². The maximum absolute atomic E-state index is 3.34. The minimum Gasteiger partial charge on any atom is -0.365 e. The van der Waals surface area contributed by atoms with Crippen LogP contribution in [0.3, 0.4) is 0 Å². The fraction of sp³-hybridized carbons (Fsp3) is 0.500. The second-order valence-corrected chi connectivity index (χ2v) is 4.33. The molecule has 2 aliphatic rings. The van der Waals surface area contributed by atoms with E-state index in [1.165, 1.54) is 24.2 Å². The molecule has 0 spiro atoms. The Labute approximate surface area is 84.9 Å². The molecule has 74 valence electrons. The topological polar surface area (TPSA) is 15.3 Å². The molecule has 2 aliphatic heterocycles. The molecule has 1 fully saturated rings. The first-order valence-electron chi connectivity index (χ1n) is 5.42. The van der Waals surface area contributed by atoms with Gasteiger partial charge in [0.25, 0.3) is 0 Å². The van der Waals surface area contributed by atoms with Crippen LogP contribution in [0.1, 0.15) is 11.1 Å². The lowest BCUT2D eigenvalue weighted by Gasteiger charge is -2.37. The predicted octanol–water partition coefficient (Wildman–Crippen LogP) is 1.33. The second kappa shape index (κ2) is 2.99. The van der Waals surface area contributed by atoms with Gasteiger partial charge in [-0.05, 0) is 30.5 Å². The minimum atomic E-state index is 0.748. The molecule has 0 aliphatic carbocycles. The van der Waals surface area contributed by atoms with E-state index in [2.05, 4.69) is 35.3 Å². The van der Waals surface area contributed by atoms with Crippen molar-refractivity contribution in [3.63, 3.8) is 0 Å². The Morgan fingerprint density at radius 3 is 2.93 bits per heavy atom. The number of hydrogen-bond donors (Lipinski definition) is 1. The monoisotopic (exact) mass is 188 g/mol. The summed E-state index contributed by atoms with van der Waals surface area (Å²) in [4.78, 5) is 2.57. The molecule has 1 aromatic rings. The fourth-order valence-electron chi connectivity index (χ4n) is 2.51. The van der Waals surface area contributed by atoms with E-state index in [1.807, 2.05) is 0 Å². The molecule has 0 bridgehead atoms. The van der Waals surface area contributed by atoms with Crippen LogP contribution >= 0.6 is 0 Å². The van der Waals surface area contributed by atoms with Gasteiger partial charge in [-0.2, -0.15) is 0 Å². The molecule has 0 amide bonds. The normalized spacial score (nSPS) is 20.8. The number of benzene rings is 1. The number of rotatable bonds is 1. The van der Waals surface area contributed by atoms with Crippen molar-refractivity contribution in [1.29, 1.82) is 0 Å². The highest BCUT2D eigenvalue weighted by atomic mass is 15.2. The molecular formula is C12H16N2. The van der Waals surface area contributed by atoms with Crippen molar-refractivity contribution in [1.82, 2.24) is 5.32 Å². The molecular weight excluding hydrogens is 172 g/mol. The highest BCUT2D eigenvalue weighted by Gasteiger charge is 2.29. The highest BCUT2D eigenvalue weighted by molar-refractivity contribution is 5.61. The van der Waals surface area contributed by atoms with Crippen molar-refractivity contribution in [3.05, 3.63) is 29.3 Å². The first kappa shape index (κ1) is 8.30. The molecule has 0 aromatic heterocycles. The predicted molar refractivity (Wildman–Crippen MR) is 58.9 cm³/mol. The number of aryl methyl sites for hydroxylation is 1. The summed E-state index contributed by atoms with van der Waals surface area (Å²) in [6, 6.07) is 7.42. The Hall–Kier alpha value is -1.02. The Morgan fingerprint density at radius 1 is 1.36 bits per heavy atom. The van der Waals surface area contributed by atoms with Crippen LogP contribution in [0.4, 0.5) is 5.69 Å². The van der Waals surface area contributed by atoms with Crippen LogP contribution in [0.15, 0.2) is 18.2 Å². The van der Waals surface area contributed by atoms with Gasteiger partial charge in [0, 0.05) is 25.3 Å². The Bertz CT molecular complexity index is 355. The summed E-state index contributed by atoms with van der Waals surface area (Å²) in [5, 5.41) is 3.34. The number of anilines is 1. The molecule has 1 N–H and O–H groups in total. The van der Waals surface area contributed by atoms with Gasteiger partial charge in [-0.3, -0.25) is 0 Å². The van der Waals surface area contributed by atoms with E-state index in [9.17, 15) is 0 Å². The lowest BCUT2D eigenvalue weighted by atomic mass is 10.1. The van der Waals surface area contributed by atoms with E-state index in [-0.39, 0.29) is 0 Å². The second-order valence-electron chi connectivity index (χ2n) is 4.33. The maximum Gasteiger partial charge on any atom is 0.0539 e. The van der Waals surface area contributed by atoms with E-state index in [1.54, 1.807) is 5.56 Å². The summed E-state index contributed by atoms with van der Waals surface area (Å²) in [6.45, 7) is 5.76. The van der Waals surface area contributed by atoms with Crippen molar-refractivity contribution in [3.8, 4) is 0 Å². The first-order valence-corrected chi connectivity index (χ1v) is 5.42. The zero-order chi connectivity index (χ0) is 9.54. The number of nitrogens with one attached hydrogen (secondary N) is 1. The molecule has 14 heavy (non-hydrogen) atoms. The van der Waals surface area contributed by atoms with Crippen LogP contribution in [0.5, 0.6) is 0 Å². The van der Waals surface area contributed by atoms with Crippen LogP contribution in [-0.2, 0) is 6.42 Å². The molecule has 0 saturated carbocycles. The third-order valence-electron chi connectivity index (χ3n) is 3.50. The van der Waals surface area contributed by atoms with E-state index in [4.69, 9.17) is 0 Å². The zero-order valence-electron chi connectivity index (χ0n) is 8.59. The van der Waals surface area contributed by atoms with Crippen LogP contribution in [0.2, 0.25) is 0 Å². The molecule has 2 heterocycles. The largest absolute Gasteiger partial charge is 0.365 e. The molecule has 3 rings (SSSR count). The molecule has 0 unspecified atom stereocenters. The summed E-state index contributed by atoms with van der Waals surface area (Å²) in [7, 11) is 0. The van der Waals surface area contributed by atoms with Gasteiger partial charge < -0.3 is 10.2 Å². The van der Waals surface area contributed by atoms with Gasteiger partial charge in [0.05, 0.1) is 6.04 Å².